The lowest BCUT2D eigenvalue weighted by Crippen LogP contribution is -2.42. The number of esters is 1. The van der Waals surface area contributed by atoms with E-state index in [0.29, 0.717) is 36.1 Å². The van der Waals surface area contributed by atoms with Gasteiger partial charge in [-0.15, -0.1) is 0 Å². The first-order valence-electron chi connectivity index (χ1n) is 7.09. The Morgan fingerprint density at radius 3 is 2.52 bits per heavy atom. The maximum absolute atomic E-state index is 12.3. The largest absolute Gasteiger partial charge is 0.481 e. The van der Waals surface area contributed by atoms with E-state index in [0.717, 1.165) is 0 Å². The van der Waals surface area contributed by atoms with Crippen molar-refractivity contribution in [1.82, 2.24) is 4.90 Å². The van der Waals surface area contributed by atoms with Gasteiger partial charge in [-0.05, 0) is 31.0 Å². The highest BCUT2D eigenvalue weighted by molar-refractivity contribution is 9.10. The van der Waals surface area contributed by atoms with Crippen LogP contribution in [0.25, 0.3) is 0 Å². The number of rotatable bonds is 3. The van der Waals surface area contributed by atoms with Crippen molar-refractivity contribution in [2.24, 2.45) is 5.92 Å². The van der Waals surface area contributed by atoms with Gasteiger partial charge in [0.25, 0.3) is 0 Å². The van der Waals surface area contributed by atoms with Crippen LogP contribution in [0.3, 0.4) is 0 Å². The Morgan fingerprint density at radius 2 is 1.96 bits per heavy atom. The predicted octanol–water partition coefficient (Wildman–Crippen LogP) is 2.56. The minimum absolute atomic E-state index is 0.246. The van der Waals surface area contributed by atoms with Gasteiger partial charge in [0.15, 0.2) is 0 Å². The number of hydrogen-bond donors (Lipinski definition) is 2. The molecular weight excluding hydrogens is 368 g/mol. The average Bonchev–Trinajstić information content (AvgIpc) is 2.55. The van der Waals surface area contributed by atoms with E-state index in [9.17, 15) is 14.4 Å². The van der Waals surface area contributed by atoms with Gasteiger partial charge in [0, 0.05) is 17.6 Å². The van der Waals surface area contributed by atoms with Crippen LogP contribution in [0.5, 0.6) is 0 Å². The van der Waals surface area contributed by atoms with Crippen LogP contribution < -0.4 is 5.32 Å². The summed E-state index contributed by atoms with van der Waals surface area (Å²) in [6.07, 6.45) is 0.847. The number of benzene rings is 1. The summed E-state index contributed by atoms with van der Waals surface area (Å²) in [7, 11) is 1.27. The number of carbonyl (C=O) groups excluding carboxylic acids is 2. The summed E-state index contributed by atoms with van der Waals surface area (Å²) in [5, 5.41) is 11.7. The molecule has 1 aliphatic rings. The molecule has 7 nitrogen and oxygen atoms in total. The van der Waals surface area contributed by atoms with Crippen LogP contribution in [0, 0.1) is 5.92 Å². The number of likely N-dealkylation sites (tertiary alicyclic amines) is 1. The van der Waals surface area contributed by atoms with Crippen molar-refractivity contribution in [3.05, 3.63) is 28.2 Å². The zero-order valence-corrected chi connectivity index (χ0v) is 14.1. The van der Waals surface area contributed by atoms with E-state index in [1.807, 2.05) is 0 Å². The van der Waals surface area contributed by atoms with Gasteiger partial charge in [0.05, 0.1) is 24.3 Å². The number of ether oxygens (including phenoxy) is 1. The summed E-state index contributed by atoms with van der Waals surface area (Å²) in [6, 6.07) is 4.52. The highest BCUT2D eigenvalue weighted by Gasteiger charge is 2.27. The molecule has 0 aromatic heterocycles. The molecule has 1 saturated heterocycles. The van der Waals surface area contributed by atoms with Crippen LogP contribution in [0.4, 0.5) is 10.5 Å². The van der Waals surface area contributed by atoms with Crippen molar-refractivity contribution >= 4 is 39.6 Å². The minimum Gasteiger partial charge on any atom is -0.481 e. The van der Waals surface area contributed by atoms with Crippen molar-refractivity contribution in [2.45, 2.75) is 12.8 Å². The number of hydrogen-bond acceptors (Lipinski definition) is 4. The number of urea groups is 1. The molecule has 1 aromatic carbocycles. The number of carboxylic acid groups (broad SMARTS) is 1. The van der Waals surface area contributed by atoms with E-state index in [2.05, 4.69) is 21.2 Å². The molecule has 23 heavy (non-hydrogen) atoms. The number of halogens is 1. The van der Waals surface area contributed by atoms with E-state index < -0.39 is 17.9 Å². The fourth-order valence-corrected chi connectivity index (χ4v) is 2.79. The molecule has 0 unspecified atom stereocenters. The number of anilines is 1. The number of nitrogens with zero attached hydrogens (tertiary/aromatic N) is 1. The molecule has 0 bridgehead atoms. The standard InChI is InChI=1S/C15H17BrN2O5/c1-23-14(21)11-8-10(16)2-3-12(11)17-15(22)18-6-4-9(5-7-18)13(19)20/h2-3,8-9H,4-7H2,1H3,(H,17,22)(H,19,20). The molecule has 1 aliphatic heterocycles. The second-order valence-electron chi connectivity index (χ2n) is 5.21. The molecule has 2 rings (SSSR count). The van der Waals surface area contributed by atoms with Crippen LogP contribution in [0.2, 0.25) is 0 Å². The molecule has 0 radical (unpaired) electrons. The minimum atomic E-state index is -0.828. The van der Waals surface area contributed by atoms with E-state index in [4.69, 9.17) is 9.84 Å². The SMILES string of the molecule is COC(=O)c1cc(Br)ccc1NC(=O)N1CCC(C(=O)O)CC1. The molecule has 0 atom stereocenters. The van der Waals surface area contributed by atoms with Gasteiger partial charge in [0.2, 0.25) is 0 Å². The van der Waals surface area contributed by atoms with E-state index in [1.165, 1.54) is 7.11 Å². The Labute approximate surface area is 141 Å². The predicted molar refractivity (Wildman–Crippen MR) is 86.4 cm³/mol. The van der Waals surface area contributed by atoms with Gasteiger partial charge in [0.1, 0.15) is 0 Å². The molecule has 0 saturated carbocycles. The monoisotopic (exact) mass is 384 g/mol. The van der Waals surface area contributed by atoms with E-state index in [-0.39, 0.29) is 11.6 Å². The molecule has 124 valence electrons. The third kappa shape index (κ3) is 4.22. The fraction of sp³-hybridized carbons (Fsp3) is 0.400. The number of carboxylic acids is 1. The molecule has 0 aliphatic carbocycles. The first-order valence-corrected chi connectivity index (χ1v) is 7.88. The van der Waals surface area contributed by atoms with Crippen molar-refractivity contribution < 1.29 is 24.2 Å². The van der Waals surface area contributed by atoms with Crippen molar-refractivity contribution in [3.63, 3.8) is 0 Å². The lowest BCUT2D eigenvalue weighted by Gasteiger charge is -2.30. The van der Waals surface area contributed by atoms with Crippen LogP contribution in [-0.4, -0.2) is 48.2 Å². The lowest BCUT2D eigenvalue weighted by atomic mass is 9.97. The quantitative estimate of drug-likeness (QED) is 0.780. The summed E-state index contributed by atoms with van der Waals surface area (Å²) in [4.78, 5) is 36.6. The van der Waals surface area contributed by atoms with Crippen molar-refractivity contribution in [1.29, 1.82) is 0 Å². The average molecular weight is 385 g/mol. The third-order valence-corrected chi connectivity index (χ3v) is 4.25. The maximum Gasteiger partial charge on any atom is 0.340 e. The highest BCUT2D eigenvalue weighted by atomic mass is 79.9. The molecule has 1 fully saturated rings. The van der Waals surface area contributed by atoms with Gasteiger partial charge in [-0.3, -0.25) is 4.79 Å². The second kappa shape index (κ2) is 7.45. The zero-order valence-electron chi connectivity index (χ0n) is 12.5. The number of carbonyl (C=O) groups is 3. The van der Waals surface area contributed by atoms with Gasteiger partial charge in [-0.1, -0.05) is 15.9 Å². The first kappa shape index (κ1) is 17.3. The van der Waals surface area contributed by atoms with Gasteiger partial charge >= 0.3 is 18.0 Å². The third-order valence-electron chi connectivity index (χ3n) is 3.76. The second-order valence-corrected chi connectivity index (χ2v) is 6.13. The first-order chi connectivity index (χ1) is 10.9. The molecule has 0 spiro atoms. The molecule has 2 amide bonds. The Kier molecular flexibility index (Phi) is 5.59. The van der Waals surface area contributed by atoms with Gasteiger partial charge < -0.3 is 20.1 Å². The molecule has 1 heterocycles. The number of amides is 2. The van der Waals surface area contributed by atoms with Crippen molar-refractivity contribution in [2.75, 3.05) is 25.5 Å². The van der Waals surface area contributed by atoms with Crippen LogP contribution in [-0.2, 0) is 9.53 Å². The summed E-state index contributed by atoms with van der Waals surface area (Å²) < 4.78 is 5.40. The fourth-order valence-electron chi connectivity index (χ4n) is 2.43. The molecule has 1 aromatic rings. The van der Waals surface area contributed by atoms with E-state index >= 15 is 0 Å². The van der Waals surface area contributed by atoms with Crippen molar-refractivity contribution in [3.8, 4) is 0 Å². The highest BCUT2D eigenvalue weighted by Crippen LogP contribution is 2.23. The Hall–Kier alpha value is -2.09. The number of piperidine rings is 1. The number of methoxy groups -OCH3 is 1. The maximum atomic E-state index is 12.3. The summed E-state index contributed by atoms with van der Waals surface area (Å²) >= 11 is 3.27. The molecule has 8 heteroatoms. The molecular formula is C15H17BrN2O5. The lowest BCUT2D eigenvalue weighted by molar-refractivity contribution is -0.143. The summed E-state index contributed by atoms with van der Waals surface area (Å²) in [5.74, 6) is -1.78. The van der Waals surface area contributed by atoms with Crippen LogP contribution in [0.15, 0.2) is 22.7 Å². The zero-order chi connectivity index (χ0) is 17.0. The smallest absolute Gasteiger partial charge is 0.340 e. The summed E-state index contributed by atoms with van der Waals surface area (Å²) in [6.45, 7) is 0.736. The van der Waals surface area contributed by atoms with Gasteiger partial charge in [-0.25, -0.2) is 9.59 Å². The van der Waals surface area contributed by atoms with Gasteiger partial charge in [-0.2, -0.15) is 0 Å². The topological polar surface area (TPSA) is 95.9 Å². The Bertz CT molecular complexity index is 626. The van der Waals surface area contributed by atoms with Crippen LogP contribution in [0.1, 0.15) is 23.2 Å². The van der Waals surface area contributed by atoms with E-state index in [1.54, 1.807) is 23.1 Å². The normalized spacial score (nSPS) is 15.1. The summed E-state index contributed by atoms with van der Waals surface area (Å²) in [5.41, 5.74) is 0.598. The Balaban J connectivity index is 2.06. The Morgan fingerprint density at radius 1 is 1.30 bits per heavy atom. The number of aliphatic carboxylic acids is 1. The molecule has 2 N–H and O–H groups in total. The number of nitrogens with one attached hydrogen (secondary N) is 1. The van der Waals surface area contributed by atoms with Crippen LogP contribution >= 0.6 is 15.9 Å².